The van der Waals surface area contributed by atoms with E-state index in [-0.39, 0.29) is 0 Å². The van der Waals surface area contributed by atoms with E-state index in [9.17, 15) is 0 Å². The minimum Gasteiger partial charge on any atom is -0.455 e. The maximum Gasteiger partial charge on any atom is 0.146 e. The van der Waals surface area contributed by atoms with Gasteiger partial charge in [-0.25, -0.2) is 0 Å². The van der Waals surface area contributed by atoms with Crippen molar-refractivity contribution in [3.05, 3.63) is 115 Å². The second-order valence-corrected chi connectivity index (χ2v) is 12.6. The molecule has 40 heavy (non-hydrogen) atoms. The quantitative estimate of drug-likeness (QED) is 0.201. The van der Waals surface area contributed by atoms with Crippen LogP contribution in [0.15, 0.2) is 120 Å². The monoisotopic (exact) mass is 545 g/mol. The molecule has 0 aliphatic rings. The molecule has 4 heterocycles. The number of rotatable bonds is 1. The highest BCUT2D eigenvalue weighted by Gasteiger charge is 2.25. The zero-order valence-electron chi connectivity index (χ0n) is 21.1. The van der Waals surface area contributed by atoms with Crippen LogP contribution in [0.3, 0.4) is 0 Å². The van der Waals surface area contributed by atoms with Gasteiger partial charge in [-0.2, -0.15) is 0 Å². The van der Waals surface area contributed by atoms with Gasteiger partial charge in [0, 0.05) is 62.2 Å². The SMILES string of the molecule is c1ccc2c(c1)oc1c2c2sc3ccccc3c2c2c1c1ccccc1n2-c1ccc2sc3ccccc3c2c1. The van der Waals surface area contributed by atoms with Crippen molar-refractivity contribution >= 4 is 107 Å². The molecule has 0 N–H and O–H groups in total. The highest BCUT2D eigenvalue weighted by atomic mass is 32.1. The molecule has 0 atom stereocenters. The molecule has 0 saturated heterocycles. The lowest BCUT2D eigenvalue weighted by atomic mass is 10.0. The molecule has 4 heteroatoms. The number of fused-ring (bicyclic) bond motifs is 15. The molecule has 6 aromatic carbocycles. The van der Waals surface area contributed by atoms with Crippen LogP contribution in [0, 0.1) is 0 Å². The fourth-order valence-electron chi connectivity index (χ4n) is 6.73. The van der Waals surface area contributed by atoms with Crippen molar-refractivity contribution in [3.8, 4) is 5.69 Å². The number of benzene rings is 6. The summed E-state index contributed by atoms with van der Waals surface area (Å²) < 4.78 is 14.4. The molecular weight excluding hydrogens is 527 g/mol. The van der Waals surface area contributed by atoms with E-state index in [1.54, 1.807) is 0 Å². The van der Waals surface area contributed by atoms with E-state index in [1.165, 1.54) is 78.6 Å². The van der Waals surface area contributed by atoms with Crippen molar-refractivity contribution < 1.29 is 4.42 Å². The van der Waals surface area contributed by atoms with Crippen molar-refractivity contribution in [2.75, 3.05) is 0 Å². The smallest absolute Gasteiger partial charge is 0.146 e. The maximum atomic E-state index is 6.74. The van der Waals surface area contributed by atoms with E-state index in [0.717, 1.165) is 11.2 Å². The van der Waals surface area contributed by atoms with E-state index in [1.807, 2.05) is 22.7 Å². The first-order chi connectivity index (χ1) is 19.8. The summed E-state index contributed by atoms with van der Waals surface area (Å²) in [6.45, 7) is 0. The Hall–Kier alpha value is -4.64. The summed E-state index contributed by atoms with van der Waals surface area (Å²) in [5.74, 6) is 0. The Kier molecular flexibility index (Phi) is 3.98. The van der Waals surface area contributed by atoms with Gasteiger partial charge < -0.3 is 8.98 Å². The predicted octanol–water partition coefficient (Wildman–Crippen LogP) is 11.4. The number of furan rings is 1. The van der Waals surface area contributed by atoms with Crippen LogP contribution >= 0.6 is 22.7 Å². The van der Waals surface area contributed by atoms with E-state index < -0.39 is 0 Å². The van der Waals surface area contributed by atoms with Gasteiger partial charge in [0.2, 0.25) is 0 Å². The largest absolute Gasteiger partial charge is 0.455 e. The zero-order chi connectivity index (χ0) is 25.9. The van der Waals surface area contributed by atoms with Crippen molar-refractivity contribution in [2.45, 2.75) is 0 Å². The van der Waals surface area contributed by atoms with Crippen LogP contribution < -0.4 is 0 Å². The van der Waals surface area contributed by atoms with Gasteiger partial charge >= 0.3 is 0 Å². The fourth-order valence-corrected chi connectivity index (χ4v) is 9.08. The summed E-state index contributed by atoms with van der Waals surface area (Å²) in [7, 11) is 0. The molecule has 0 bridgehead atoms. The highest BCUT2D eigenvalue weighted by Crippen LogP contribution is 2.50. The second-order valence-electron chi connectivity index (χ2n) is 10.5. The Morgan fingerprint density at radius 2 is 1.18 bits per heavy atom. The Balaban J connectivity index is 1.50. The Labute approximate surface area is 235 Å². The zero-order valence-corrected chi connectivity index (χ0v) is 22.8. The lowest BCUT2D eigenvalue weighted by Crippen LogP contribution is -1.94. The normalized spacial score (nSPS) is 12.5. The molecule has 0 unspecified atom stereocenters. The van der Waals surface area contributed by atoms with Gasteiger partial charge in [-0.05, 0) is 42.5 Å². The summed E-state index contributed by atoms with van der Waals surface area (Å²) >= 11 is 3.74. The summed E-state index contributed by atoms with van der Waals surface area (Å²) in [6.07, 6.45) is 0. The first-order valence-electron chi connectivity index (χ1n) is 13.4. The van der Waals surface area contributed by atoms with Gasteiger partial charge in [0.25, 0.3) is 0 Å². The van der Waals surface area contributed by atoms with Crippen LogP contribution in [-0.4, -0.2) is 4.57 Å². The number of para-hydroxylation sites is 2. The van der Waals surface area contributed by atoms with Crippen LogP contribution in [0.1, 0.15) is 0 Å². The standard InChI is InChI=1S/C36H19NOS2/c1-5-13-26-22(10-1)31-34(37(26)20-17-18-30-25(19-20)21-9-3-7-15-28(21)39-30)32-24-12-4-8-16-29(24)40-36(32)33-23-11-2-6-14-27(23)38-35(31)33/h1-19H. The Morgan fingerprint density at radius 3 is 2.05 bits per heavy atom. The fraction of sp³-hybridized carbons (Fsp3) is 0. The highest BCUT2D eigenvalue weighted by molar-refractivity contribution is 7.27. The lowest BCUT2D eigenvalue weighted by molar-refractivity contribution is 0.673. The summed E-state index contributed by atoms with van der Waals surface area (Å²) in [6, 6.07) is 41.8. The molecule has 0 saturated carbocycles. The average Bonchev–Trinajstić information content (AvgIpc) is 3.75. The number of hydrogen-bond donors (Lipinski definition) is 0. The summed E-state index contributed by atoms with van der Waals surface area (Å²) in [4.78, 5) is 0. The minimum absolute atomic E-state index is 0.937. The summed E-state index contributed by atoms with van der Waals surface area (Å²) in [5.41, 5.74) is 5.51. The van der Waals surface area contributed by atoms with Crippen molar-refractivity contribution in [3.63, 3.8) is 0 Å². The van der Waals surface area contributed by atoms with Crippen molar-refractivity contribution in [1.29, 1.82) is 0 Å². The van der Waals surface area contributed by atoms with Crippen LogP contribution in [0.5, 0.6) is 0 Å². The third kappa shape index (κ3) is 2.58. The molecule has 10 aromatic rings. The number of aromatic nitrogens is 1. The van der Waals surface area contributed by atoms with Crippen LogP contribution in [0.25, 0.3) is 89.8 Å². The van der Waals surface area contributed by atoms with Crippen molar-refractivity contribution in [2.24, 2.45) is 0 Å². The molecule has 0 fully saturated rings. The van der Waals surface area contributed by atoms with E-state index in [0.29, 0.717) is 0 Å². The predicted molar refractivity (Wildman–Crippen MR) is 174 cm³/mol. The van der Waals surface area contributed by atoms with Gasteiger partial charge in [0.1, 0.15) is 11.2 Å². The van der Waals surface area contributed by atoms with Gasteiger partial charge in [-0.3, -0.25) is 0 Å². The molecule has 4 aromatic heterocycles. The topological polar surface area (TPSA) is 18.1 Å². The lowest BCUT2D eigenvalue weighted by Gasteiger charge is -2.10. The average molecular weight is 546 g/mol. The third-order valence-electron chi connectivity index (χ3n) is 8.38. The molecule has 0 spiro atoms. The number of nitrogens with zero attached hydrogens (tertiary/aromatic N) is 1. The molecule has 0 radical (unpaired) electrons. The third-order valence-corrected chi connectivity index (χ3v) is 10.7. The second kappa shape index (κ2) is 7.51. The first-order valence-corrected chi connectivity index (χ1v) is 15.1. The minimum atomic E-state index is 0.937. The molecule has 0 aliphatic heterocycles. The molecular formula is C36H19NOS2. The molecule has 2 nitrogen and oxygen atoms in total. The maximum absolute atomic E-state index is 6.74. The van der Waals surface area contributed by atoms with Gasteiger partial charge in [-0.1, -0.05) is 72.8 Å². The summed E-state index contributed by atoms with van der Waals surface area (Å²) in [5, 5.41) is 10.0. The molecule has 0 amide bonds. The molecule has 10 rings (SSSR count). The van der Waals surface area contributed by atoms with Gasteiger partial charge in [-0.15, -0.1) is 22.7 Å². The first kappa shape index (κ1) is 21.2. The molecule has 186 valence electrons. The number of thiophene rings is 2. The van der Waals surface area contributed by atoms with E-state index >= 15 is 0 Å². The van der Waals surface area contributed by atoms with Gasteiger partial charge in [0.05, 0.1) is 16.4 Å². The van der Waals surface area contributed by atoms with E-state index in [4.69, 9.17) is 4.42 Å². The Bertz CT molecular complexity index is 2630. The Morgan fingerprint density at radius 1 is 0.500 bits per heavy atom. The molecule has 0 aliphatic carbocycles. The van der Waals surface area contributed by atoms with Crippen LogP contribution in [0.2, 0.25) is 0 Å². The van der Waals surface area contributed by atoms with Crippen LogP contribution in [0.4, 0.5) is 0 Å². The van der Waals surface area contributed by atoms with Gasteiger partial charge in [0.15, 0.2) is 0 Å². The number of hydrogen-bond acceptors (Lipinski definition) is 3. The van der Waals surface area contributed by atoms with E-state index in [2.05, 4.69) is 120 Å². The van der Waals surface area contributed by atoms with Crippen LogP contribution in [-0.2, 0) is 0 Å². The van der Waals surface area contributed by atoms with Crippen molar-refractivity contribution in [1.82, 2.24) is 4.57 Å².